The van der Waals surface area contributed by atoms with E-state index >= 15 is 0 Å². The van der Waals surface area contributed by atoms with E-state index in [1.54, 1.807) is 6.07 Å². The zero-order chi connectivity index (χ0) is 24.6. The van der Waals surface area contributed by atoms with Gasteiger partial charge in [-0.3, -0.25) is 9.59 Å². The first kappa shape index (κ1) is 25.3. The number of nitrogens with zero attached hydrogens (tertiary/aromatic N) is 1. The van der Waals surface area contributed by atoms with Crippen LogP contribution in [-0.2, 0) is 32.1 Å². The first-order chi connectivity index (χ1) is 14.8. The van der Waals surface area contributed by atoms with Crippen molar-refractivity contribution in [3.05, 3.63) is 46.5 Å². The topological polar surface area (TPSA) is 96.6 Å². The number of hydrogen-bond acceptors (Lipinski definition) is 5. The number of halogens is 4. The highest BCUT2D eigenvalue weighted by Gasteiger charge is 2.79. The van der Waals surface area contributed by atoms with Gasteiger partial charge in [0.1, 0.15) is 6.10 Å². The van der Waals surface area contributed by atoms with E-state index < -0.39 is 82.2 Å². The van der Waals surface area contributed by atoms with Gasteiger partial charge in [-0.15, -0.1) is 0 Å². The quantitative estimate of drug-likeness (QED) is 0.260. The molecule has 3 atom stereocenters. The number of carboxylic acid groups (broad SMARTS) is 1. The molecule has 0 saturated heterocycles. The number of carboxylic acids is 1. The Hall–Kier alpha value is -2.93. The number of carbonyl (C=O) groups is 2. The van der Waals surface area contributed by atoms with E-state index in [1.165, 1.54) is 20.8 Å². The molecule has 0 aliphatic heterocycles. The summed E-state index contributed by atoms with van der Waals surface area (Å²) >= 11 is 0. The molecule has 1 aliphatic carbocycles. The molecule has 1 fully saturated rings. The van der Waals surface area contributed by atoms with Crippen molar-refractivity contribution < 1.29 is 41.7 Å². The van der Waals surface area contributed by atoms with E-state index in [9.17, 15) is 37.5 Å². The highest BCUT2D eigenvalue weighted by Crippen LogP contribution is 2.72. The monoisotopic (exact) mass is 457 g/mol. The maximum absolute atomic E-state index is 14.7. The van der Waals surface area contributed by atoms with Gasteiger partial charge >= 0.3 is 11.9 Å². The SMILES string of the molecule is C=C(C#N)C(OC(=O)CC)C1C(C)(C)C1(Cc1c(F)c(F)c(COC)c(F)c1F)C(=O)O. The van der Waals surface area contributed by atoms with Crippen LogP contribution >= 0.6 is 0 Å². The molecular weight excluding hydrogens is 434 g/mol. The van der Waals surface area contributed by atoms with Crippen LogP contribution in [0, 0.1) is 51.3 Å². The molecule has 32 heavy (non-hydrogen) atoms. The zero-order valence-corrected chi connectivity index (χ0v) is 18.0. The highest BCUT2D eigenvalue weighted by atomic mass is 19.2. The molecule has 1 aromatic rings. The molecular formula is C22H23F4NO5. The summed E-state index contributed by atoms with van der Waals surface area (Å²) in [6, 6.07) is 1.71. The lowest BCUT2D eigenvalue weighted by molar-refractivity contribution is -0.151. The predicted octanol–water partition coefficient (Wildman–Crippen LogP) is 4.06. The fourth-order valence-corrected chi connectivity index (χ4v) is 4.41. The van der Waals surface area contributed by atoms with E-state index in [4.69, 9.17) is 4.74 Å². The number of benzene rings is 1. The maximum Gasteiger partial charge on any atom is 0.311 e. The van der Waals surface area contributed by atoms with Crippen molar-refractivity contribution in [3.63, 3.8) is 0 Å². The van der Waals surface area contributed by atoms with Crippen LogP contribution in [0.15, 0.2) is 12.2 Å². The summed E-state index contributed by atoms with van der Waals surface area (Å²) in [6.45, 7) is 7.12. The van der Waals surface area contributed by atoms with E-state index in [2.05, 4.69) is 11.3 Å². The molecule has 0 spiro atoms. The molecule has 1 aliphatic rings. The van der Waals surface area contributed by atoms with Gasteiger partial charge in [0.15, 0.2) is 23.3 Å². The van der Waals surface area contributed by atoms with Crippen molar-refractivity contribution in [2.45, 2.75) is 46.3 Å². The lowest BCUT2D eigenvalue weighted by atomic mass is 9.86. The lowest BCUT2D eigenvalue weighted by Gasteiger charge is -2.21. The molecule has 0 bridgehead atoms. The number of carbonyl (C=O) groups excluding carboxylic acids is 1. The van der Waals surface area contributed by atoms with Crippen LogP contribution in [0.25, 0.3) is 0 Å². The van der Waals surface area contributed by atoms with Crippen LogP contribution in [0.5, 0.6) is 0 Å². The fraction of sp³-hybridized carbons (Fsp3) is 0.500. The number of hydrogen-bond donors (Lipinski definition) is 1. The molecule has 0 heterocycles. The Morgan fingerprint density at radius 3 is 2.06 bits per heavy atom. The van der Waals surface area contributed by atoms with Crippen molar-refractivity contribution in [2.24, 2.45) is 16.7 Å². The molecule has 0 radical (unpaired) electrons. The van der Waals surface area contributed by atoms with E-state index in [-0.39, 0.29) is 12.0 Å². The Labute approximate surface area is 182 Å². The first-order valence-corrected chi connectivity index (χ1v) is 9.67. The summed E-state index contributed by atoms with van der Waals surface area (Å²) in [7, 11) is 1.08. The molecule has 3 unspecified atom stereocenters. The van der Waals surface area contributed by atoms with Gasteiger partial charge in [0, 0.05) is 25.0 Å². The average Bonchev–Trinajstić information content (AvgIpc) is 3.25. The molecule has 6 nitrogen and oxygen atoms in total. The Kier molecular flexibility index (Phi) is 7.05. The number of ether oxygens (including phenoxy) is 2. The second-order valence-corrected chi connectivity index (χ2v) is 8.20. The van der Waals surface area contributed by atoms with E-state index in [1.807, 2.05) is 0 Å². The van der Waals surface area contributed by atoms with Crippen molar-refractivity contribution in [3.8, 4) is 6.07 Å². The summed E-state index contributed by atoms with van der Waals surface area (Å²) in [5, 5.41) is 19.3. The number of esters is 1. The molecule has 1 saturated carbocycles. The van der Waals surface area contributed by atoms with Gasteiger partial charge in [-0.25, -0.2) is 17.6 Å². The van der Waals surface area contributed by atoms with Gasteiger partial charge in [-0.2, -0.15) is 5.26 Å². The van der Waals surface area contributed by atoms with E-state index in [0.29, 0.717) is 0 Å². The van der Waals surface area contributed by atoms with Crippen LogP contribution in [0.2, 0.25) is 0 Å². The van der Waals surface area contributed by atoms with Crippen LogP contribution in [0.1, 0.15) is 38.3 Å². The number of methoxy groups -OCH3 is 1. The van der Waals surface area contributed by atoms with Gasteiger partial charge in [-0.1, -0.05) is 27.4 Å². The second-order valence-electron chi connectivity index (χ2n) is 8.20. The molecule has 0 aromatic heterocycles. The molecule has 2 rings (SSSR count). The van der Waals surface area contributed by atoms with Gasteiger partial charge in [-0.05, 0) is 11.8 Å². The molecule has 10 heteroatoms. The summed E-state index contributed by atoms with van der Waals surface area (Å²) < 4.78 is 68.1. The second kappa shape index (κ2) is 8.90. The molecule has 0 amide bonds. The number of aliphatic carboxylic acids is 1. The van der Waals surface area contributed by atoms with Crippen molar-refractivity contribution >= 4 is 11.9 Å². The van der Waals surface area contributed by atoms with Gasteiger partial charge < -0.3 is 14.6 Å². The predicted molar refractivity (Wildman–Crippen MR) is 103 cm³/mol. The number of nitriles is 1. The third-order valence-electron chi connectivity index (χ3n) is 6.28. The molecule has 1 aromatic carbocycles. The minimum Gasteiger partial charge on any atom is -0.481 e. The Morgan fingerprint density at radius 2 is 1.66 bits per heavy atom. The maximum atomic E-state index is 14.7. The zero-order valence-electron chi connectivity index (χ0n) is 18.0. The van der Waals surface area contributed by atoms with Gasteiger partial charge in [0.05, 0.1) is 29.2 Å². The van der Waals surface area contributed by atoms with Crippen molar-refractivity contribution in [1.29, 1.82) is 5.26 Å². The summed E-state index contributed by atoms with van der Waals surface area (Å²) in [5.74, 6) is -10.3. The lowest BCUT2D eigenvalue weighted by Crippen LogP contribution is -2.30. The standard InChI is InChI=1S/C22H23F4NO5/c1-6-13(28)32-18(10(2)8-27)19-21(3,4)22(19,20(29)30)7-11-14(23)16(25)12(9-31-5)17(26)15(11)24/h18-19H,2,6-7,9H2,1,3-5H3,(H,29,30). The number of rotatable bonds is 9. The summed E-state index contributed by atoms with van der Waals surface area (Å²) in [4.78, 5) is 24.2. The smallest absolute Gasteiger partial charge is 0.311 e. The van der Waals surface area contributed by atoms with Crippen LogP contribution in [-0.4, -0.2) is 30.3 Å². The van der Waals surface area contributed by atoms with Crippen LogP contribution < -0.4 is 0 Å². The summed E-state index contributed by atoms with van der Waals surface area (Å²) in [5.41, 5.74) is -5.61. The Bertz CT molecular complexity index is 988. The first-order valence-electron chi connectivity index (χ1n) is 9.67. The van der Waals surface area contributed by atoms with Gasteiger partial charge in [0.2, 0.25) is 0 Å². The van der Waals surface area contributed by atoms with E-state index in [0.717, 1.165) is 7.11 Å². The molecule has 174 valence electrons. The third-order valence-corrected chi connectivity index (χ3v) is 6.28. The van der Waals surface area contributed by atoms with Crippen molar-refractivity contribution in [1.82, 2.24) is 0 Å². The summed E-state index contributed by atoms with van der Waals surface area (Å²) in [6.07, 6.45) is -2.42. The minimum atomic E-state index is -2.01. The van der Waals surface area contributed by atoms with Crippen molar-refractivity contribution in [2.75, 3.05) is 7.11 Å². The third kappa shape index (κ3) is 3.75. The Morgan fingerprint density at radius 1 is 1.16 bits per heavy atom. The van der Waals surface area contributed by atoms with Crippen LogP contribution in [0.3, 0.4) is 0 Å². The normalized spacial score (nSPS) is 22.0. The minimum absolute atomic E-state index is 0.0803. The highest BCUT2D eigenvalue weighted by molar-refractivity contribution is 5.82. The fourth-order valence-electron chi connectivity index (χ4n) is 4.41. The average molecular weight is 457 g/mol. The van der Waals surface area contributed by atoms with Crippen LogP contribution in [0.4, 0.5) is 17.6 Å². The van der Waals surface area contributed by atoms with Gasteiger partial charge in [0.25, 0.3) is 0 Å². The Balaban J connectivity index is 2.64. The largest absolute Gasteiger partial charge is 0.481 e. The molecule has 1 N–H and O–H groups in total.